The first-order chi connectivity index (χ1) is 21.3. The summed E-state index contributed by atoms with van der Waals surface area (Å²) < 4.78 is 6.12. The minimum absolute atomic E-state index is 0.671. The Bertz CT molecular complexity index is 2170. The van der Waals surface area contributed by atoms with Gasteiger partial charge in [-0.25, -0.2) is 9.97 Å². The fourth-order valence-electron chi connectivity index (χ4n) is 5.61. The largest absolute Gasteiger partial charge is 0.456 e. The first-order valence-electron chi connectivity index (χ1n) is 14.3. The van der Waals surface area contributed by atoms with E-state index in [-0.39, 0.29) is 0 Å². The van der Waals surface area contributed by atoms with Crippen molar-refractivity contribution in [3.63, 3.8) is 0 Å². The third-order valence-corrected chi connectivity index (χ3v) is 7.75. The van der Waals surface area contributed by atoms with Crippen LogP contribution in [0.3, 0.4) is 0 Å². The third kappa shape index (κ3) is 4.65. The fraction of sp³-hybridized carbons (Fsp3) is 0. The first kappa shape index (κ1) is 24.9. The lowest BCUT2D eigenvalue weighted by Gasteiger charge is -2.14. The summed E-state index contributed by atoms with van der Waals surface area (Å²) in [5.41, 5.74) is 10.3. The van der Waals surface area contributed by atoms with E-state index in [1.165, 1.54) is 0 Å². The van der Waals surface area contributed by atoms with E-state index in [9.17, 15) is 0 Å². The van der Waals surface area contributed by atoms with Gasteiger partial charge in [0.15, 0.2) is 5.82 Å². The van der Waals surface area contributed by atoms with Crippen molar-refractivity contribution in [2.24, 2.45) is 0 Å². The van der Waals surface area contributed by atoms with Gasteiger partial charge in [-0.05, 0) is 42.0 Å². The zero-order chi connectivity index (χ0) is 28.6. The molecule has 0 bridgehead atoms. The van der Waals surface area contributed by atoms with Gasteiger partial charge in [-0.2, -0.15) is 0 Å². The van der Waals surface area contributed by atoms with Gasteiger partial charge < -0.3 is 4.42 Å². The van der Waals surface area contributed by atoms with E-state index in [0.717, 1.165) is 72.4 Å². The summed E-state index contributed by atoms with van der Waals surface area (Å²) in [6.07, 6.45) is 1.95. The predicted octanol–water partition coefficient (Wildman–Crippen LogP) is 10.1. The number of para-hydroxylation sites is 1. The smallest absolute Gasteiger partial charge is 0.160 e. The maximum atomic E-state index is 6.12. The monoisotopic (exact) mass is 551 g/mol. The third-order valence-electron chi connectivity index (χ3n) is 7.75. The molecule has 8 aromatic rings. The molecule has 0 saturated heterocycles. The first-order valence-corrected chi connectivity index (χ1v) is 14.3. The number of benzene rings is 5. The maximum absolute atomic E-state index is 6.12. The van der Waals surface area contributed by atoms with Crippen molar-refractivity contribution < 1.29 is 4.42 Å². The number of hydrogen-bond acceptors (Lipinski definition) is 4. The van der Waals surface area contributed by atoms with Crippen molar-refractivity contribution in [3.05, 3.63) is 152 Å². The minimum atomic E-state index is 0.671. The molecule has 0 aliphatic carbocycles. The maximum Gasteiger partial charge on any atom is 0.160 e. The van der Waals surface area contributed by atoms with Crippen LogP contribution in [-0.4, -0.2) is 15.0 Å². The molecule has 0 aliphatic rings. The van der Waals surface area contributed by atoms with Crippen molar-refractivity contribution >= 4 is 21.9 Å². The lowest BCUT2D eigenvalue weighted by Crippen LogP contribution is -1.98. The molecule has 8 rings (SSSR count). The lowest BCUT2D eigenvalue weighted by atomic mass is 9.97. The number of hydrogen-bond donors (Lipinski definition) is 0. The van der Waals surface area contributed by atoms with Crippen LogP contribution < -0.4 is 0 Å². The van der Waals surface area contributed by atoms with Crippen molar-refractivity contribution in [2.75, 3.05) is 0 Å². The summed E-state index contributed by atoms with van der Waals surface area (Å²) in [5.74, 6) is 0.671. The molecule has 0 atom stereocenters. The Morgan fingerprint density at radius 2 is 1.05 bits per heavy atom. The van der Waals surface area contributed by atoms with Gasteiger partial charge in [0.1, 0.15) is 11.2 Å². The van der Waals surface area contributed by atoms with E-state index in [1.807, 2.05) is 97.2 Å². The Hall–Kier alpha value is -5.87. The highest BCUT2D eigenvalue weighted by Gasteiger charge is 2.18. The normalized spacial score (nSPS) is 11.3. The van der Waals surface area contributed by atoms with Gasteiger partial charge in [-0.1, -0.05) is 109 Å². The zero-order valence-electron chi connectivity index (χ0n) is 23.2. The van der Waals surface area contributed by atoms with E-state index >= 15 is 0 Å². The van der Waals surface area contributed by atoms with Crippen LogP contribution in [0.4, 0.5) is 0 Å². The van der Waals surface area contributed by atoms with Crippen LogP contribution in [0.25, 0.3) is 78.2 Å². The van der Waals surface area contributed by atoms with Crippen LogP contribution in [0.1, 0.15) is 0 Å². The molecule has 4 heteroatoms. The molecule has 4 nitrogen and oxygen atoms in total. The summed E-state index contributed by atoms with van der Waals surface area (Å²) in [6, 6.07) is 49.4. The van der Waals surface area contributed by atoms with Gasteiger partial charge in [0.25, 0.3) is 0 Å². The molecule has 0 spiro atoms. The molecule has 0 amide bonds. The van der Waals surface area contributed by atoms with E-state index < -0.39 is 0 Å². The predicted molar refractivity (Wildman–Crippen MR) is 174 cm³/mol. The molecule has 0 fully saturated rings. The number of rotatable bonds is 5. The Morgan fingerprint density at radius 3 is 1.81 bits per heavy atom. The number of nitrogens with zero attached hydrogens (tertiary/aromatic N) is 3. The molecule has 43 heavy (non-hydrogen) atoms. The van der Waals surface area contributed by atoms with Crippen molar-refractivity contribution in [2.45, 2.75) is 0 Å². The summed E-state index contributed by atoms with van der Waals surface area (Å²) in [5, 5.41) is 2.15. The van der Waals surface area contributed by atoms with Gasteiger partial charge in [-0.3, -0.25) is 4.98 Å². The molecule has 3 heterocycles. The van der Waals surface area contributed by atoms with Crippen LogP contribution in [0.2, 0.25) is 0 Å². The summed E-state index contributed by atoms with van der Waals surface area (Å²) in [6.45, 7) is 0. The Kier molecular flexibility index (Phi) is 6.08. The standard InChI is InChI=1S/C39H25N3O/c1-4-12-26(13-5-1)30-23-33(38(40-25-30)29-20-21-37-32(22-29)31-18-10-11-19-36(31)43-37)35-24-34(27-14-6-2-7-15-27)41-39(42-35)28-16-8-3-9-17-28/h1-25H. The molecule has 5 aromatic carbocycles. The lowest BCUT2D eigenvalue weighted by molar-refractivity contribution is 0.669. The molecule has 202 valence electrons. The molecule has 0 saturated carbocycles. The van der Waals surface area contributed by atoms with Crippen molar-refractivity contribution in [1.29, 1.82) is 0 Å². The van der Waals surface area contributed by atoms with Gasteiger partial charge >= 0.3 is 0 Å². The van der Waals surface area contributed by atoms with Gasteiger partial charge in [0.2, 0.25) is 0 Å². The number of fused-ring (bicyclic) bond motifs is 3. The highest BCUT2D eigenvalue weighted by atomic mass is 16.3. The number of pyridine rings is 1. The quantitative estimate of drug-likeness (QED) is 0.214. The van der Waals surface area contributed by atoms with Crippen LogP contribution in [-0.2, 0) is 0 Å². The second-order valence-corrected chi connectivity index (χ2v) is 10.5. The van der Waals surface area contributed by atoms with Crippen molar-refractivity contribution in [1.82, 2.24) is 15.0 Å². The van der Waals surface area contributed by atoms with Gasteiger partial charge in [0, 0.05) is 44.8 Å². The van der Waals surface area contributed by atoms with E-state index in [4.69, 9.17) is 19.4 Å². The summed E-state index contributed by atoms with van der Waals surface area (Å²) in [4.78, 5) is 15.2. The van der Waals surface area contributed by atoms with Crippen molar-refractivity contribution in [3.8, 4) is 56.3 Å². The highest BCUT2D eigenvalue weighted by molar-refractivity contribution is 6.06. The second-order valence-electron chi connectivity index (χ2n) is 10.5. The fourth-order valence-corrected chi connectivity index (χ4v) is 5.61. The summed E-state index contributed by atoms with van der Waals surface area (Å²) in [7, 11) is 0. The van der Waals surface area contributed by atoms with E-state index in [2.05, 4.69) is 54.6 Å². The Morgan fingerprint density at radius 1 is 0.419 bits per heavy atom. The SMILES string of the molecule is c1ccc(-c2cnc(-c3ccc4oc5ccccc5c4c3)c(-c3cc(-c4ccccc4)nc(-c4ccccc4)n3)c2)cc1. The van der Waals surface area contributed by atoms with Gasteiger partial charge in [-0.15, -0.1) is 0 Å². The minimum Gasteiger partial charge on any atom is -0.456 e. The van der Waals surface area contributed by atoms with E-state index in [1.54, 1.807) is 0 Å². The van der Waals surface area contributed by atoms with Crippen LogP contribution in [0.15, 0.2) is 156 Å². The molecule has 0 radical (unpaired) electrons. The van der Waals surface area contributed by atoms with Crippen LogP contribution >= 0.6 is 0 Å². The van der Waals surface area contributed by atoms with Crippen LogP contribution in [0.5, 0.6) is 0 Å². The molecule has 0 aliphatic heterocycles. The second kappa shape index (κ2) is 10.5. The van der Waals surface area contributed by atoms with E-state index in [0.29, 0.717) is 5.82 Å². The zero-order valence-corrected chi connectivity index (χ0v) is 23.2. The Labute approximate surface area is 249 Å². The molecular weight excluding hydrogens is 526 g/mol. The Balaban J connectivity index is 1.39. The molecule has 0 N–H and O–H groups in total. The molecule has 3 aromatic heterocycles. The topological polar surface area (TPSA) is 51.8 Å². The average molecular weight is 552 g/mol. The number of furan rings is 1. The molecule has 0 unspecified atom stereocenters. The summed E-state index contributed by atoms with van der Waals surface area (Å²) >= 11 is 0. The average Bonchev–Trinajstić information content (AvgIpc) is 3.47. The van der Waals surface area contributed by atoms with Gasteiger partial charge in [0.05, 0.1) is 17.1 Å². The number of aromatic nitrogens is 3. The van der Waals surface area contributed by atoms with Crippen LogP contribution in [0, 0.1) is 0 Å². The highest BCUT2D eigenvalue weighted by Crippen LogP contribution is 2.38. The molecular formula is C39H25N3O.